The van der Waals surface area contributed by atoms with Gasteiger partial charge in [0.15, 0.2) is 0 Å². The number of benzene rings is 1. The van der Waals surface area contributed by atoms with Crippen molar-refractivity contribution in [2.75, 3.05) is 12.4 Å². The molecule has 0 aliphatic rings. The van der Waals surface area contributed by atoms with Crippen LogP contribution in [0.3, 0.4) is 0 Å². The summed E-state index contributed by atoms with van der Waals surface area (Å²) in [6.07, 6.45) is 3.53. The maximum Gasteiger partial charge on any atom is 0.253 e. The van der Waals surface area contributed by atoms with E-state index in [4.69, 9.17) is 0 Å². The summed E-state index contributed by atoms with van der Waals surface area (Å²) in [5.74, 6) is -0.0821. The Morgan fingerprint density at radius 3 is 2.75 bits per heavy atom. The van der Waals surface area contributed by atoms with E-state index in [1.54, 1.807) is 12.4 Å². The van der Waals surface area contributed by atoms with Crippen LogP contribution in [0.5, 0.6) is 0 Å². The number of carbonyl (C=O) groups is 1. The normalized spacial score (nSPS) is 10.2. The molecule has 0 aliphatic heterocycles. The highest BCUT2D eigenvalue weighted by Crippen LogP contribution is 2.17. The number of nitrogens with one attached hydrogen (secondary N) is 2. The predicted molar refractivity (Wildman–Crippen MR) is 80.9 cm³/mol. The standard InChI is InChI=1S/C16H19N3O/c1-11-4-5-15(17-3)14(8-11)16(20)19-10-13-9-18-7-6-12(13)2/h4-9,17H,10H2,1-3H3,(H,19,20). The van der Waals surface area contributed by atoms with Crippen molar-refractivity contribution in [2.24, 2.45) is 0 Å². The molecule has 20 heavy (non-hydrogen) atoms. The summed E-state index contributed by atoms with van der Waals surface area (Å²) in [5.41, 5.74) is 4.70. The number of amides is 1. The number of hydrogen-bond acceptors (Lipinski definition) is 3. The van der Waals surface area contributed by atoms with Gasteiger partial charge < -0.3 is 10.6 Å². The Bertz CT molecular complexity index is 623. The maximum atomic E-state index is 12.3. The quantitative estimate of drug-likeness (QED) is 0.897. The van der Waals surface area contributed by atoms with Crippen LogP contribution in [-0.2, 0) is 6.54 Å². The van der Waals surface area contributed by atoms with Crippen LogP contribution >= 0.6 is 0 Å². The summed E-state index contributed by atoms with van der Waals surface area (Å²) in [6, 6.07) is 7.72. The first-order valence-corrected chi connectivity index (χ1v) is 6.58. The number of aromatic nitrogens is 1. The minimum atomic E-state index is -0.0821. The van der Waals surface area contributed by atoms with Crippen LogP contribution in [0.1, 0.15) is 27.0 Å². The molecule has 4 heteroatoms. The number of carbonyl (C=O) groups excluding carboxylic acids is 1. The largest absolute Gasteiger partial charge is 0.387 e. The highest BCUT2D eigenvalue weighted by atomic mass is 16.1. The van der Waals surface area contributed by atoms with Gasteiger partial charge in [0, 0.05) is 31.7 Å². The van der Waals surface area contributed by atoms with Crippen molar-refractivity contribution in [3.8, 4) is 0 Å². The fourth-order valence-electron chi connectivity index (χ4n) is 2.02. The van der Waals surface area contributed by atoms with Gasteiger partial charge in [0.05, 0.1) is 5.56 Å². The molecule has 0 saturated heterocycles. The molecule has 104 valence electrons. The number of rotatable bonds is 4. The summed E-state index contributed by atoms with van der Waals surface area (Å²) in [7, 11) is 1.81. The fourth-order valence-corrected chi connectivity index (χ4v) is 2.02. The lowest BCUT2D eigenvalue weighted by atomic mass is 10.1. The van der Waals surface area contributed by atoms with Gasteiger partial charge in [0.25, 0.3) is 5.91 Å². The third kappa shape index (κ3) is 3.15. The predicted octanol–water partition coefficient (Wildman–Crippen LogP) is 2.67. The second-order valence-corrected chi connectivity index (χ2v) is 4.78. The Balaban J connectivity index is 2.13. The van der Waals surface area contributed by atoms with Crippen LogP contribution in [0, 0.1) is 13.8 Å². The van der Waals surface area contributed by atoms with Gasteiger partial charge >= 0.3 is 0 Å². The van der Waals surface area contributed by atoms with Crippen LogP contribution in [0.2, 0.25) is 0 Å². The van der Waals surface area contributed by atoms with Gasteiger partial charge in [-0.3, -0.25) is 9.78 Å². The Hall–Kier alpha value is -2.36. The molecule has 2 rings (SSSR count). The number of pyridine rings is 1. The zero-order valence-electron chi connectivity index (χ0n) is 12.0. The number of anilines is 1. The van der Waals surface area contributed by atoms with Crippen molar-refractivity contribution < 1.29 is 4.79 Å². The molecule has 2 aromatic rings. The Morgan fingerprint density at radius 2 is 2.05 bits per heavy atom. The molecule has 1 aromatic carbocycles. The molecule has 0 atom stereocenters. The molecule has 0 bridgehead atoms. The molecule has 4 nitrogen and oxygen atoms in total. The molecule has 0 unspecified atom stereocenters. The third-order valence-electron chi connectivity index (χ3n) is 3.28. The lowest BCUT2D eigenvalue weighted by Crippen LogP contribution is -2.24. The first-order chi connectivity index (χ1) is 9.61. The topological polar surface area (TPSA) is 54.0 Å². The smallest absolute Gasteiger partial charge is 0.253 e. The number of hydrogen-bond donors (Lipinski definition) is 2. The first-order valence-electron chi connectivity index (χ1n) is 6.58. The molecule has 2 N–H and O–H groups in total. The van der Waals surface area contributed by atoms with E-state index in [1.807, 2.05) is 45.2 Å². The lowest BCUT2D eigenvalue weighted by Gasteiger charge is -2.11. The van der Waals surface area contributed by atoms with Crippen molar-refractivity contribution in [2.45, 2.75) is 20.4 Å². The van der Waals surface area contributed by atoms with Crippen molar-refractivity contribution in [3.63, 3.8) is 0 Å². The highest BCUT2D eigenvalue weighted by molar-refractivity contribution is 5.99. The van der Waals surface area contributed by atoms with Gasteiger partial charge in [-0.1, -0.05) is 11.6 Å². The van der Waals surface area contributed by atoms with Crippen molar-refractivity contribution in [1.82, 2.24) is 10.3 Å². The van der Waals surface area contributed by atoms with Crippen LogP contribution in [0.25, 0.3) is 0 Å². The Labute approximate surface area is 119 Å². The van der Waals surface area contributed by atoms with E-state index < -0.39 is 0 Å². The Morgan fingerprint density at radius 1 is 1.25 bits per heavy atom. The van der Waals surface area contributed by atoms with E-state index >= 15 is 0 Å². The van der Waals surface area contributed by atoms with Crippen LogP contribution in [0.4, 0.5) is 5.69 Å². The summed E-state index contributed by atoms with van der Waals surface area (Å²) < 4.78 is 0. The lowest BCUT2D eigenvalue weighted by molar-refractivity contribution is 0.0951. The minimum absolute atomic E-state index is 0.0821. The molecular weight excluding hydrogens is 250 g/mol. The molecular formula is C16H19N3O. The average Bonchev–Trinajstić information content (AvgIpc) is 2.46. The molecule has 0 fully saturated rings. The van der Waals surface area contributed by atoms with Crippen molar-refractivity contribution in [1.29, 1.82) is 0 Å². The third-order valence-corrected chi connectivity index (χ3v) is 3.28. The molecule has 0 spiro atoms. The Kier molecular flexibility index (Phi) is 4.35. The van der Waals surface area contributed by atoms with E-state index in [2.05, 4.69) is 15.6 Å². The zero-order chi connectivity index (χ0) is 14.5. The summed E-state index contributed by atoms with van der Waals surface area (Å²) in [5, 5.41) is 5.98. The molecule has 1 heterocycles. The second kappa shape index (κ2) is 6.19. The molecule has 0 saturated carbocycles. The van der Waals surface area contributed by atoms with E-state index in [1.165, 1.54) is 0 Å². The summed E-state index contributed by atoms with van der Waals surface area (Å²) >= 11 is 0. The molecule has 1 amide bonds. The monoisotopic (exact) mass is 269 g/mol. The van der Waals surface area contributed by atoms with Crippen molar-refractivity contribution >= 4 is 11.6 Å². The van der Waals surface area contributed by atoms with Crippen molar-refractivity contribution in [3.05, 3.63) is 58.9 Å². The van der Waals surface area contributed by atoms with Crippen LogP contribution in [0.15, 0.2) is 36.7 Å². The first kappa shape index (κ1) is 14.1. The summed E-state index contributed by atoms with van der Waals surface area (Å²) in [4.78, 5) is 16.4. The SMILES string of the molecule is CNc1ccc(C)cc1C(=O)NCc1cnccc1C. The van der Waals surface area contributed by atoms with E-state index in [-0.39, 0.29) is 5.91 Å². The molecule has 1 aromatic heterocycles. The number of nitrogens with zero attached hydrogens (tertiary/aromatic N) is 1. The van der Waals surface area contributed by atoms with Gasteiger partial charge in [-0.2, -0.15) is 0 Å². The molecule has 0 aliphatic carbocycles. The fraction of sp³-hybridized carbons (Fsp3) is 0.250. The van der Waals surface area contributed by atoms with E-state index in [9.17, 15) is 4.79 Å². The van der Waals surface area contributed by atoms with E-state index in [0.717, 1.165) is 22.4 Å². The van der Waals surface area contributed by atoms with E-state index in [0.29, 0.717) is 12.1 Å². The number of aryl methyl sites for hydroxylation is 2. The van der Waals surface area contributed by atoms with Gasteiger partial charge in [-0.05, 0) is 43.2 Å². The van der Waals surface area contributed by atoms with Crippen LogP contribution in [-0.4, -0.2) is 17.9 Å². The minimum Gasteiger partial charge on any atom is -0.387 e. The molecule has 0 radical (unpaired) electrons. The van der Waals surface area contributed by atoms with Gasteiger partial charge in [0.2, 0.25) is 0 Å². The van der Waals surface area contributed by atoms with Crippen LogP contribution < -0.4 is 10.6 Å². The van der Waals surface area contributed by atoms with Gasteiger partial charge in [-0.25, -0.2) is 0 Å². The van der Waals surface area contributed by atoms with Gasteiger partial charge in [-0.15, -0.1) is 0 Å². The highest BCUT2D eigenvalue weighted by Gasteiger charge is 2.11. The average molecular weight is 269 g/mol. The zero-order valence-corrected chi connectivity index (χ0v) is 12.0. The maximum absolute atomic E-state index is 12.3. The summed E-state index contributed by atoms with van der Waals surface area (Å²) in [6.45, 7) is 4.46. The second-order valence-electron chi connectivity index (χ2n) is 4.78. The van der Waals surface area contributed by atoms with Gasteiger partial charge in [0.1, 0.15) is 0 Å².